The summed E-state index contributed by atoms with van der Waals surface area (Å²) in [6.07, 6.45) is 0. The molecule has 4 nitrogen and oxygen atoms in total. The highest BCUT2D eigenvalue weighted by atomic mass is 16.6. The highest BCUT2D eigenvalue weighted by molar-refractivity contribution is 6.70. The van der Waals surface area contributed by atoms with Crippen molar-refractivity contribution in [1.82, 2.24) is 0 Å². The molecule has 0 aromatic heterocycles. The van der Waals surface area contributed by atoms with Gasteiger partial charge in [-0.05, 0) is 41.1 Å². The van der Waals surface area contributed by atoms with Crippen molar-refractivity contribution in [3.05, 3.63) is 66.7 Å². The van der Waals surface area contributed by atoms with Gasteiger partial charge in [0.25, 0.3) is 0 Å². The molecule has 0 aliphatic carbocycles. The van der Waals surface area contributed by atoms with Gasteiger partial charge in [0.2, 0.25) is 0 Å². The molecule has 0 bridgehead atoms. The SMILES string of the molecule is COc1cccc2cc3cccc(OC)c3c(B3Oc4ccccc4O3)c12. The Hall–Kier alpha value is -3.34. The molecule has 0 fully saturated rings. The van der Waals surface area contributed by atoms with Gasteiger partial charge in [0.15, 0.2) is 0 Å². The van der Waals surface area contributed by atoms with Gasteiger partial charge >= 0.3 is 7.12 Å². The van der Waals surface area contributed by atoms with Crippen LogP contribution in [0.15, 0.2) is 66.7 Å². The summed E-state index contributed by atoms with van der Waals surface area (Å²) in [6, 6.07) is 21.9. The molecule has 0 N–H and O–H groups in total. The van der Waals surface area contributed by atoms with E-state index in [-0.39, 0.29) is 0 Å². The van der Waals surface area contributed by atoms with E-state index in [2.05, 4.69) is 18.2 Å². The van der Waals surface area contributed by atoms with E-state index in [1.54, 1.807) is 14.2 Å². The Morgan fingerprint density at radius 1 is 0.667 bits per heavy atom. The number of para-hydroxylation sites is 2. The van der Waals surface area contributed by atoms with E-state index in [9.17, 15) is 0 Å². The summed E-state index contributed by atoms with van der Waals surface area (Å²) < 4.78 is 23.7. The number of hydrogen-bond donors (Lipinski definition) is 0. The van der Waals surface area contributed by atoms with E-state index in [0.717, 1.165) is 50.0 Å². The van der Waals surface area contributed by atoms with E-state index < -0.39 is 7.12 Å². The molecular formula is C22H17BO4. The summed E-state index contributed by atoms with van der Waals surface area (Å²) in [7, 11) is 2.77. The second-order valence-electron chi connectivity index (χ2n) is 6.42. The fourth-order valence-corrected chi connectivity index (χ4v) is 3.80. The smallest absolute Gasteiger partial charge is 0.519 e. The molecule has 132 valence electrons. The zero-order valence-electron chi connectivity index (χ0n) is 15.1. The van der Waals surface area contributed by atoms with Gasteiger partial charge in [0, 0.05) is 16.2 Å². The average molecular weight is 356 g/mol. The van der Waals surface area contributed by atoms with Crippen molar-refractivity contribution >= 4 is 34.1 Å². The maximum atomic E-state index is 6.17. The molecule has 0 radical (unpaired) electrons. The topological polar surface area (TPSA) is 36.9 Å². The standard InChI is InChI=1S/C22H17BO4/c1-24-18-11-5-7-14-13-15-8-6-12-19(25-2)21(15)22(20(14)18)23-26-16-9-3-4-10-17(16)27-23/h3-13H,1-2H3. The van der Waals surface area contributed by atoms with Crippen molar-refractivity contribution in [3.63, 3.8) is 0 Å². The van der Waals surface area contributed by atoms with Gasteiger partial charge in [-0.25, -0.2) is 0 Å². The summed E-state index contributed by atoms with van der Waals surface area (Å²) in [4.78, 5) is 0. The molecule has 0 saturated carbocycles. The number of ether oxygens (including phenoxy) is 2. The highest BCUT2D eigenvalue weighted by Crippen LogP contribution is 2.37. The van der Waals surface area contributed by atoms with Gasteiger partial charge in [0.1, 0.15) is 23.0 Å². The zero-order chi connectivity index (χ0) is 18.4. The number of methoxy groups -OCH3 is 2. The van der Waals surface area contributed by atoms with Gasteiger partial charge in [0.05, 0.1) is 14.2 Å². The van der Waals surface area contributed by atoms with Crippen LogP contribution in [0.1, 0.15) is 0 Å². The van der Waals surface area contributed by atoms with Crippen LogP contribution in [0.5, 0.6) is 23.0 Å². The van der Waals surface area contributed by atoms with Gasteiger partial charge in [-0.15, -0.1) is 0 Å². The van der Waals surface area contributed by atoms with Crippen molar-refractivity contribution in [3.8, 4) is 23.0 Å². The summed E-state index contributed by atoms with van der Waals surface area (Å²) in [5.41, 5.74) is 0.911. The van der Waals surface area contributed by atoms with Crippen LogP contribution in [0.2, 0.25) is 0 Å². The van der Waals surface area contributed by atoms with E-state index >= 15 is 0 Å². The van der Waals surface area contributed by atoms with E-state index in [4.69, 9.17) is 18.8 Å². The quantitative estimate of drug-likeness (QED) is 0.408. The minimum Gasteiger partial charge on any atom is -0.519 e. The van der Waals surface area contributed by atoms with Gasteiger partial charge in [-0.2, -0.15) is 0 Å². The fourth-order valence-electron chi connectivity index (χ4n) is 3.80. The van der Waals surface area contributed by atoms with Crippen LogP contribution in [0.3, 0.4) is 0 Å². The molecule has 0 spiro atoms. The molecule has 1 aliphatic heterocycles. The maximum Gasteiger partial charge on any atom is 0.634 e. The monoisotopic (exact) mass is 356 g/mol. The third kappa shape index (κ3) is 2.39. The minimum atomic E-state index is -0.582. The lowest BCUT2D eigenvalue weighted by Gasteiger charge is -2.17. The Balaban J connectivity index is 1.87. The predicted molar refractivity (Wildman–Crippen MR) is 108 cm³/mol. The third-order valence-corrected chi connectivity index (χ3v) is 4.96. The van der Waals surface area contributed by atoms with Gasteiger partial charge in [-0.1, -0.05) is 36.4 Å². The van der Waals surface area contributed by atoms with E-state index in [0.29, 0.717) is 0 Å². The molecule has 27 heavy (non-hydrogen) atoms. The minimum absolute atomic E-state index is 0.582. The first kappa shape index (κ1) is 15.9. The second-order valence-corrected chi connectivity index (χ2v) is 6.42. The molecule has 1 aliphatic rings. The third-order valence-electron chi connectivity index (χ3n) is 4.96. The van der Waals surface area contributed by atoms with Crippen LogP contribution in [-0.4, -0.2) is 21.3 Å². The second kappa shape index (κ2) is 6.13. The molecule has 4 aromatic carbocycles. The van der Waals surface area contributed by atoms with Crippen LogP contribution in [0.4, 0.5) is 0 Å². The van der Waals surface area contributed by atoms with Crippen molar-refractivity contribution in [1.29, 1.82) is 0 Å². The first-order valence-corrected chi connectivity index (χ1v) is 8.79. The fraction of sp³-hybridized carbons (Fsp3) is 0.0909. The van der Waals surface area contributed by atoms with E-state index in [1.807, 2.05) is 48.5 Å². The lowest BCUT2D eigenvalue weighted by atomic mass is 9.72. The van der Waals surface area contributed by atoms with Gasteiger partial charge < -0.3 is 18.8 Å². The summed E-state index contributed by atoms with van der Waals surface area (Å²) in [6.45, 7) is 0. The van der Waals surface area contributed by atoms with E-state index in [1.165, 1.54) is 0 Å². The van der Waals surface area contributed by atoms with Crippen molar-refractivity contribution in [2.75, 3.05) is 14.2 Å². The van der Waals surface area contributed by atoms with Crippen molar-refractivity contribution < 1.29 is 18.8 Å². The molecule has 0 saturated heterocycles. The Labute approximate surface area is 157 Å². The van der Waals surface area contributed by atoms with Crippen LogP contribution >= 0.6 is 0 Å². The molecule has 0 amide bonds. The summed E-state index contributed by atoms with van der Waals surface area (Å²) in [5.74, 6) is 3.02. The molecular weight excluding hydrogens is 339 g/mol. The van der Waals surface area contributed by atoms with Crippen LogP contribution < -0.4 is 24.2 Å². The Morgan fingerprint density at radius 3 is 1.67 bits per heavy atom. The summed E-state index contributed by atoms with van der Waals surface area (Å²) in [5, 5.41) is 4.06. The first-order valence-electron chi connectivity index (χ1n) is 8.79. The molecule has 5 heteroatoms. The predicted octanol–water partition coefficient (Wildman–Crippen LogP) is 4.18. The first-order chi connectivity index (χ1) is 13.3. The number of benzene rings is 4. The average Bonchev–Trinajstić information content (AvgIpc) is 3.14. The van der Waals surface area contributed by atoms with Crippen LogP contribution in [-0.2, 0) is 0 Å². The van der Waals surface area contributed by atoms with Crippen molar-refractivity contribution in [2.24, 2.45) is 0 Å². The molecule has 0 atom stereocenters. The maximum absolute atomic E-state index is 6.17. The number of rotatable bonds is 3. The highest BCUT2D eigenvalue weighted by Gasteiger charge is 2.38. The van der Waals surface area contributed by atoms with Crippen LogP contribution in [0, 0.1) is 0 Å². The molecule has 0 unspecified atom stereocenters. The van der Waals surface area contributed by atoms with Crippen LogP contribution in [0.25, 0.3) is 21.5 Å². The van der Waals surface area contributed by atoms with Gasteiger partial charge in [-0.3, -0.25) is 0 Å². The Bertz CT molecular complexity index is 1080. The number of fused-ring (bicyclic) bond motifs is 3. The molecule has 5 rings (SSSR count). The summed E-state index contributed by atoms with van der Waals surface area (Å²) >= 11 is 0. The van der Waals surface area contributed by atoms with Crippen molar-refractivity contribution in [2.45, 2.75) is 0 Å². The number of hydrogen-bond acceptors (Lipinski definition) is 4. The molecule has 4 aromatic rings. The molecule has 1 heterocycles. The Morgan fingerprint density at radius 2 is 1.19 bits per heavy atom. The zero-order valence-corrected chi connectivity index (χ0v) is 15.1. The largest absolute Gasteiger partial charge is 0.634 e. The Kier molecular flexibility index (Phi) is 3.61. The lowest BCUT2D eigenvalue weighted by molar-refractivity contribution is 0.419. The normalized spacial score (nSPS) is 12.6. The lowest BCUT2D eigenvalue weighted by Crippen LogP contribution is -2.40.